The highest BCUT2D eigenvalue weighted by Crippen LogP contribution is 2.22. The van der Waals surface area contributed by atoms with Crippen LogP contribution in [0.15, 0.2) is 40.8 Å². The standard InChI is InChI=1S/C14H17NO/c1-10-3-5-12(6-4-10)14-8-7-13(16-14)9-11(2)15/h3-8,11H,9,15H2,1-2H3. The SMILES string of the molecule is Cc1ccc(-c2ccc(CC(C)N)o2)cc1. The van der Waals surface area contributed by atoms with Crippen LogP contribution in [0.4, 0.5) is 0 Å². The van der Waals surface area contributed by atoms with E-state index in [9.17, 15) is 0 Å². The number of furan rings is 1. The maximum Gasteiger partial charge on any atom is 0.134 e. The average molecular weight is 215 g/mol. The predicted octanol–water partition coefficient (Wildman–Crippen LogP) is 3.14. The van der Waals surface area contributed by atoms with Crippen LogP contribution in [0.3, 0.4) is 0 Å². The highest BCUT2D eigenvalue weighted by atomic mass is 16.3. The van der Waals surface area contributed by atoms with Gasteiger partial charge in [-0.2, -0.15) is 0 Å². The van der Waals surface area contributed by atoms with Crippen molar-refractivity contribution in [2.75, 3.05) is 0 Å². The van der Waals surface area contributed by atoms with Crippen molar-refractivity contribution in [3.8, 4) is 11.3 Å². The summed E-state index contributed by atoms with van der Waals surface area (Å²) in [6.45, 7) is 4.06. The second-order valence-electron chi connectivity index (χ2n) is 4.31. The monoisotopic (exact) mass is 215 g/mol. The van der Waals surface area contributed by atoms with Gasteiger partial charge in [0.05, 0.1) is 0 Å². The van der Waals surface area contributed by atoms with E-state index in [1.54, 1.807) is 0 Å². The van der Waals surface area contributed by atoms with Gasteiger partial charge < -0.3 is 10.2 Å². The first-order chi connectivity index (χ1) is 7.65. The summed E-state index contributed by atoms with van der Waals surface area (Å²) in [5.41, 5.74) is 8.10. The van der Waals surface area contributed by atoms with Crippen molar-refractivity contribution in [3.63, 3.8) is 0 Å². The van der Waals surface area contributed by atoms with Gasteiger partial charge in [-0.15, -0.1) is 0 Å². The van der Waals surface area contributed by atoms with Crippen LogP contribution in [0.5, 0.6) is 0 Å². The summed E-state index contributed by atoms with van der Waals surface area (Å²) < 4.78 is 5.74. The van der Waals surface area contributed by atoms with Gasteiger partial charge in [-0.3, -0.25) is 0 Å². The number of rotatable bonds is 3. The fourth-order valence-electron chi connectivity index (χ4n) is 1.68. The molecular weight excluding hydrogens is 198 g/mol. The lowest BCUT2D eigenvalue weighted by Crippen LogP contribution is -2.17. The molecule has 0 aliphatic heterocycles. The molecule has 84 valence electrons. The van der Waals surface area contributed by atoms with Gasteiger partial charge in [0.25, 0.3) is 0 Å². The maximum atomic E-state index is 5.74. The minimum absolute atomic E-state index is 0.136. The molecule has 16 heavy (non-hydrogen) atoms. The van der Waals surface area contributed by atoms with Crippen molar-refractivity contribution in [2.45, 2.75) is 26.3 Å². The highest BCUT2D eigenvalue weighted by molar-refractivity contribution is 5.57. The molecule has 2 nitrogen and oxygen atoms in total. The summed E-state index contributed by atoms with van der Waals surface area (Å²) >= 11 is 0. The van der Waals surface area contributed by atoms with E-state index >= 15 is 0 Å². The summed E-state index contributed by atoms with van der Waals surface area (Å²) in [6.07, 6.45) is 0.784. The lowest BCUT2D eigenvalue weighted by molar-refractivity contribution is 0.503. The Morgan fingerprint density at radius 1 is 1.12 bits per heavy atom. The third-order valence-corrected chi connectivity index (χ3v) is 2.52. The molecule has 1 heterocycles. The van der Waals surface area contributed by atoms with Crippen LogP contribution in [-0.4, -0.2) is 6.04 Å². The number of hydrogen-bond donors (Lipinski definition) is 1. The lowest BCUT2D eigenvalue weighted by Gasteiger charge is -2.01. The number of aryl methyl sites for hydroxylation is 1. The lowest BCUT2D eigenvalue weighted by atomic mass is 10.1. The molecule has 1 aromatic carbocycles. The van der Waals surface area contributed by atoms with Gasteiger partial charge in [0, 0.05) is 18.0 Å². The highest BCUT2D eigenvalue weighted by Gasteiger charge is 2.06. The molecule has 0 bridgehead atoms. The van der Waals surface area contributed by atoms with Crippen LogP contribution >= 0.6 is 0 Å². The first-order valence-corrected chi connectivity index (χ1v) is 5.56. The van der Waals surface area contributed by atoms with E-state index < -0.39 is 0 Å². The Kier molecular flexibility index (Phi) is 3.11. The van der Waals surface area contributed by atoms with E-state index in [-0.39, 0.29) is 6.04 Å². The Bertz CT molecular complexity index is 454. The van der Waals surface area contributed by atoms with E-state index in [1.165, 1.54) is 5.56 Å². The Morgan fingerprint density at radius 2 is 1.81 bits per heavy atom. The second kappa shape index (κ2) is 4.54. The molecule has 0 radical (unpaired) electrons. The van der Waals surface area contributed by atoms with Crippen LogP contribution in [0.25, 0.3) is 11.3 Å². The quantitative estimate of drug-likeness (QED) is 0.854. The zero-order valence-corrected chi connectivity index (χ0v) is 9.73. The molecule has 1 aromatic heterocycles. The third-order valence-electron chi connectivity index (χ3n) is 2.52. The van der Waals surface area contributed by atoms with Crippen LogP contribution in [0, 0.1) is 6.92 Å². The van der Waals surface area contributed by atoms with E-state index in [2.05, 4.69) is 31.2 Å². The molecule has 0 aliphatic carbocycles. The minimum Gasteiger partial charge on any atom is -0.461 e. The summed E-state index contributed by atoms with van der Waals surface area (Å²) in [5.74, 6) is 1.86. The molecule has 0 fully saturated rings. The fourth-order valence-corrected chi connectivity index (χ4v) is 1.68. The average Bonchev–Trinajstić information content (AvgIpc) is 2.66. The van der Waals surface area contributed by atoms with Gasteiger partial charge in [-0.25, -0.2) is 0 Å². The van der Waals surface area contributed by atoms with Crippen LogP contribution in [0.2, 0.25) is 0 Å². The Balaban J connectivity index is 2.21. The Labute approximate surface area is 96.1 Å². The van der Waals surface area contributed by atoms with Crippen molar-refractivity contribution in [3.05, 3.63) is 47.7 Å². The molecule has 2 aromatic rings. The number of nitrogens with two attached hydrogens (primary N) is 1. The zero-order valence-electron chi connectivity index (χ0n) is 9.73. The summed E-state index contributed by atoms with van der Waals surface area (Å²) in [6, 6.07) is 12.5. The van der Waals surface area contributed by atoms with E-state index in [0.29, 0.717) is 0 Å². The molecule has 0 saturated carbocycles. The van der Waals surface area contributed by atoms with Crippen LogP contribution < -0.4 is 5.73 Å². The van der Waals surface area contributed by atoms with E-state index in [4.69, 9.17) is 10.2 Å². The zero-order chi connectivity index (χ0) is 11.5. The molecular formula is C14H17NO. The van der Waals surface area contributed by atoms with Crippen molar-refractivity contribution in [1.82, 2.24) is 0 Å². The van der Waals surface area contributed by atoms with Crippen molar-refractivity contribution < 1.29 is 4.42 Å². The molecule has 1 atom stereocenters. The Morgan fingerprint density at radius 3 is 2.44 bits per heavy atom. The molecule has 2 heteroatoms. The molecule has 1 unspecified atom stereocenters. The largest absolute Gasteiger partial charge is 0.461 e. The summed E-state index contributed by atoms with van der Waals surface area (Å²) in [5, 5.41) is 0. The maximum absolute atomic E-state index is 5.74. The van der Waals surface area contributed by atoms with Gasteiger partial charge in [0.15, 0.2) is 0 Å². The molecule has 0 spiro atoms. The molecule has 0 aliphatic rings. The molecule has 2 rings (SSSR count). The van der Waals surface area contributed by atoms with Gasteiger partial charge in [0.2, 0.25) is 0 Å². The van der Waals surface area contributed by atoms with Crippen molar-refractivity contribution >= 4 is 0 Å². The topological polar surface area (TPSA) is 39.2 Å². The van der Waals surface area contributed by atoms with Crippen LogP contribution in [-0.2, 0) is 6.42 Å². The molecule has 0 saturated heterocycles. The fraction of sp³-hybridized carbons (Fsp3) is 0.286. The third kappa shape index (κ3) is 2.52. The van der Waals surface area contributed by atoms with Gasteiger partial charge >= 0.3 is 0 Å². The van der Waals surface area contributed by atoms with Crippen LogP contribution in [0.1, 0.15) is 18.2 Å². The Hall–Kier alpha value is -1.54. The smallest absolute Gasteiger partial charge is 0.134 e. The summed E-state index contributed by atoms with van der Waals surface area (Å²) in [4.78, 5) is 0. The number of hydrogen-bond acceptors (Lipinski definition) is 2. The van der Waals surface area contributed by atoms with Crippen molar-refractivity contribution in [2.24, 2.45) is 5.73 Å². The normalized spacial score (nSPS) is 12.7. The van der Waals surface area contributed by atoms with E-state index in [1.807, 2.05) is 19.1 Å². The first-order valence-electron chi connectivity index (χ1n) is 5.56. The van der Waals surface area contributed by atoms with Gasteiger partial charge in [-0.05, 0) is 26.0 Å². The number of benzene rings is 1. The second-order valence-corrected chi connectivity index (χ2v) is 4.31. The molecule has 0 amide bonds. The van der Waals surface area contributed by atoms with Crippen molar-refractivity contribution in [1.29, 1.82) is 0 Å². The first kappa shape index (κ1) is 11.0. The summed E-state index contributed by atoms with van der Waals surface area (Å²) in [7, 11) is 0. The minimum atomic E-state index is 0.136. The van der Waals surface area contributed by atoms with Gasteiger partial charge in [0.1, 0.15) is 11.5 Å². The van der Waals surface area contributed by atoms with Gasteiger partial charge in [-0.1, -0.05) is 29.8 Å². The predicted molar refractivity (Wildman–Crippen MR) is 66.2 cm³/mol. The molecule has 2 N–H and O–H groups in total. The van der Waals surface area contributed by atoms with E-state index in [0.717, 1.165) is 23.5 Å².